The summed E-state index contributed by atoms with van der Waals surface area (Å²) in [5, 5.41) is 8.95. The van der Waals surface area contributed by atoms with Crippen molar-refractivity contribution in [1.29, 1.82) is 0 Å². The van der Waals surface area contributed by atoms with Gasteiger partial charge in [-0.15, -0.1) is 0 Å². The highest BCUT2D eigenvalue weighted by molar-refractivity contribution is 7.92. The first kappa shape index (κ1) is 14.4. The van der Waals surface area contributed by atoms with Gasteiger partial charge in [0.2, 0.25) is 5.76 Å². The lowest BCUT2D eigenvalue weighted by Crippen LogP contribution is -2.13. The number of aryl methyl sites for hydroxylation is 1. The first-order valence-corrected chi connectivity index (χ1v) is 7.13. The Kier molecular flexibility index (Phi) is 3.69. The minimum atomic E-state index is -4.01. The zero-order chi connectivity index (χ0) is 14.9. The highest BCUT2D eigenvalue weighted by Gasteiger charge is 2.24. The molecule has 2 N–H and O–H groups in total. The number of hydrogen-bond donors (Lipinski definition) is 2. The quantitative estimate of drug-likeness (QED) is 0.894. The zero-order valence-electron chi connectivity index (χ0n) is 10.1. The first-order chi connectivity index (χ1) is 9.31. The summed E-state index contributed by atoms with van der Waals surface area (Å²) < 4.78 is 31.4. The molecule has 2 aromatic heterocycles. The molecule has 0 atom stereocenters. The van der Waals surface area contributed by atoms with Crippen LogP contribution in [0.5, 0.6) is 0 Å². The van der Waals surface area contributed by atoms with Gasteiger partial charge in [-0.25, -0.2) is 13.2 Å². The summed E-state index contributed by atoms with van der Waals surface area (Å²) in [6, 6.07) is 2.36. The molecule has 0 radical (unpaired) electrons. The van der Waals surface area contributed by atoms with E-state index in [9.17, 15) is 13.2 Å². The maximum atomic E-state index is 12.2. The molecular weight excluding hydrogens is 308 g/mol. The molecule has 0 saturated carbocycles. The number of anilines is 1. The van der Waals surface area contributed by atoms with Crippen molar-refractivity contribution in [3.8, 4) is 0 Å². The summed E-state index contributed by atoms with van der Waals surface area (Å²) in [5.74, 6) is -1.84. The van der Waals surface area contributed by atoms with Crippen LogP contribution in [0.1, 0.15) is 16.3 Å². The van der Waals surface area contributed by atoms with E-state index in [1.54, 1.807) is 0 Å². The molecule has 0 aliphatic carbocycles. The van der Waals surface area contributed by atoms with Gasteiger partial charge in [-0.3, -0.25) is 9.71 Å². The van der Waals surface area contributed by atoms with Gasteiger partial charge in [-0.2, -0.15) is 0 Å². The maximum absolute atomic E-state index is 12.2. The van der Waals surface area contributed by atoms with Crippen molar-refractivity contribution in [2.45, 2.75) is 11.8 Å². The van der Waals surface area contributed by atoms with Gasteiger partial charge in [0.1, 0.15) is 10.7 Å². The standard InChI is InChI=1S/C11H9ClN2O5S/c1-6-10(4-9(19-6)11(15)16)20(17,18)14-8-5-13-3-2-7(8)12/h2-5,14H,1H3,(H,15,16). The van der Waals surface area contributed by atoms with E-state index in [1.807, 2.05) is 0 Å². The van der Waals surface area contributed by atoms with Gasteiger partial charge in [-0.05, 0) is 13.0 Å². The SMILES string of the molecule is Cc1oc(C(=O)O)cc1S(=O)(=O)Nc1cnccc1Cl. The second kappa shape index (κ2) is 5.14. The average molecular weight is 317 g/mol. The molecule has 9 heteroatoms. The van der Waals surface area contributed by atoms with Crippen molar-refractivity contribution in [1.82, 2.24) is 4.98 Å². The zero-order valence-corrected chi connectivity index (χ0v) is 11.7. The van der Waals surface area contributed by atoms with Crippen LogP contribution < -0.4 is 4.72 Å². The average Bonchev–Trinajstić information content (AvgIpc) is 2.75. The van der Waals surface area contributed by atoms with Gasteiger partial charge in [-0.1, -0.05) is 11.6 Å². The number of furan rings is 1. The van der Waals surface area contributed by atoms with Crippen LogP contribution in [0.25, 0.3) is 0 Å². The minimum Gasteiger partial charge on any atom is -0.475 e. The van der Waals surface area contributed by atoms with Crippen LogP contribution in [0.4, 0.5) is 5.69 Å². The Hall–Kier alpha value is -2.06. The van der Waals surface area contributed by atoms with Crippen LogP contribution >= 0.6 is 11.6 Å². The van der Waals surface area contributed by atoms with Gasteiger partial charge in [0.15, 0.2) is 0 Å². The molecule has 0 saturated heterocycles. The van der Waals surface area contributed by atoms with E-state index < -0.39 is 21.8 Å². The van der Waals surface area contributed by atoms with Crippen molar-refractivity contribution in [2.75, 3.05) is 4.72 Å². The van der Waals surface area contributed by atoms with Crippen molar-refractivity contribution >= 4 is 33.3 Å². The predicted octanol–water partition coefficient (Wildman–Crippen LogP) is 2.14. The number of carboxylic acids is 1. The number of rotatable bonds is 4. The number of sulfonamides is 1. The van der Waals surface area contributed by atoms with E-state index in [0.717, 1.165) is 6.07 Å². The van der Waals surface area contributed by atoms with Crippen LogP contribution in [0, 0.1) is 6.92 Å². The van der Waals surface area contributed by atoms with E-state index in [-0.39, 0.29) is 21.4 Å². The fourth-order valence-electron chi connectivity index (χ4n) is 1.49. The summed E-state index contributed by atoms with van der Waals surface area (Å²) in [6.07, 6.45) is 2.65. The molecule has 0 aliphatic heterocycles. The molecule has 0 bridgehead atoms. The fourth-order valence-corrected chi connectivity index (χ4v) is 2.94. The molecule has 0 spiro atoms. The number of pyridine rings is 1. The Bertz CT molecular complexity index is 769. The van der Waals surface area contributed by atoms with Gasteiger partial charge < -0.3 is 9.52 Å². The number of hydrogen-bond acceptors (Lipinski definition) is 5. The monoisotopic (exact) mass is 316 g/mol. The second-order valence-corrected chi connectivity index (χ2v) is 5.86. The van der Waals surface area contributed by atoms with Crippen LogP contribution in [-0.2, 0) is 10.0 Å². The summed E-state index contributed by atoms with van der Waals surface area (Å²) in [5.41, 5.74) is 0.0895. The van der Waals surface area contributed by atoms with Crippen LogP contribution in [0.15, 0.2) is 33.8 Å². The maximum Gasteiger partial charge on any atom is 0.371 e. The number of carbonyl (C=O) groups is 1. The molecule has 20 heavy (non-hydrogen) atoms. The third-order valence-corrected chi connectivity index (χ3v) is 4.19. The van der Waals surface area contributed by atoms with Crippen molar-refractivity contribution in [2.24, 2.45) is 0 Å². The Balaban J connectivity index is 2.41. The largest absolute Gasteiger partial charge is 0.475 e. The molecule has 0 fully saturated rings. The van der Waals surface area contributed by atoms with Crippen LogP contribution in [-0.4, -0.2) is 24.5 Å². The van der Waals surface area contributed by atoms with Gasteiger partial charge >= 0.3 is 5.97 Å². The molecule has 7 nitrogen and oxygen atoms in total. The van der Waals surface area contributed by atoms with Crippen molar-refractivity contribution < 1.29 is 22.7 Å². The fraction of sp³-hybridized carbons (Fsp3) is 0.0909. The number of nitrogens with one attached hydrogen (secondary N) is 1. The van der Waals surface area contributed by atoms with Crippen molar-refractivity contribution in [3.63, 3.8) is 0 Å². The van der Waals surface area contributed by atoms with Gasteiger partial charge in [0.25, 0.3) is 10.0 Å². The van der Waals surface area contributed by atoms with E-state index in [1.165, 1.54) is 25.4 Å². The Morgan fingerprint density at radius 1 is 1.50 bits per heavy atom. The molecule has 0 unspecified atom stereocenters. The third-order valence-electron chi connectivity index (χ3n) is 2.38. The lowest BCUT2D eigenvalue weighted by molar-refractivity contribution is 0.0661. The van der Waals surface area contributed by atoms with E-state index in [4.69, 9.17) is 21.1 Å². The predicted molar refractivity (Wildman–Crippen MR) is 70.5 cm³/mol. The number of nitrogens with zero attached hydrogens (tertiary/aromatic N) is 1. The molecule has 0 aromatic carbocycles. The molecule has 2 rings (SSSR count). The number of aromatic carboxylic acids is 1. The molecular formula is C11H9ClN2O5S. The van der Waals surface area contributed by atoms with Crippen molar-refractivity contribution in [3.05, 3.63) is 41.1 Å². The van der Waals surface area contributed by atoms with E-state index in [2.05, 4.69) is 9.71 Å². The lowest BCUT2D eigenvalue weighted by Gasteiger charge is -2.07. The number of carboxylic acid groups (broad SMARTS) is 1. The third kappa shape index (κ3) is 2.75. The first-order valence-electron chi connectivity index (χ1n) is 5.27. The summed E-state index contributed by atoms with van der Waals surface area (Å²) >= 11 is 5.83. The summed E-state index contributed by atoms with van der Waals surface area (Å²) in [6.45, 7) is 1.35. The second-order valence-electron chi connectivity index (χ2n) is 3.80. The molecule has 0 aliphatic rings. The smallest absolute Gasteiger partial charge is 0.371 e. The number of halogens is 1. The van der Waals surface area contributed by atoms with E-state index in [0.29, 0.717) is 0 Å². The summed E-state index contributed by atoms with van der Waals surface area (Å²) in [7, 11) is -4.01. The Morgan fingerprint density at radius 2 is 2.20 bits per heavy atom. The minimum absolute atomic E-state index is 0.0325. The highest BCUT2D eigenvalue weighted by Crippen LogP contribution is 2.26. The molecule has 0 amide bonds. The lowest BCUT2D eigenvalue weighted by atomic mass is 10.4. The van der Waals surface area contributed by atoms with E-state index >= 15 is 0 Å². The topological polar surface area (TPSA) is 109 Å². The molecule has 2 aromatic rings. The summed E-state index contributed by atoms with van der Waals surface area (Å²) in [4.78, 5) is 14.2. The Morgan fingerprint density at radius 3 is 2.75 bits per heavy atom. The van der Waals surface area contributed by atoms with Crippen LogP contribution in [0.2, 0.25) is 5.02 Å². The Labute approximate surface area is 119 Å². The van der Waals surface area contributed by atoms with Crippen LogP contribution in [0.3, 0.4) is 0 Å². The highest BCUT2D eigenvalue weighted by atomic mass is 35.5. The normalized spacial score (nSPS) is 11.3. The molecule has 106 valence electrons. The molecule has 2 heterocycles. The van der Waals surface area contributed by atoms with Gasteiger partial charge in [0.05, 0.1) is 16.9 Å². The number of aromatic nitrogens is 1. The van der Waals surface area contributed by atoms with Gasteiger partial charge in [0, 0.05) is 12.3 Å².